The molecule has 39 heavy (non-hydrogen) atoms. The maximum absolute atomic E-state index is 12.7. The van der Waals surface area contributed by atoms with E-state index in [1.807, 2.05) is 85.8 Å². The average Bonchev–Trinajstić information content (AvgIpc) is 2.97. The van der Waals surface area contributed by atoms with Crippen molar-refractivity contribution in [3.05, 3.63) is 108 Å². The lowest BCUT2D eigenvalue weighted by Gasteiger charge is -2.31. The molecule has 2 aromatic carbocycles. The van der Waals surface area contributed by atoms with E-state index in [1.54, 1.807) is 11.1 Å². The van der Waals surface area contributed by atoms with E-state index < -0.39 is 0 Å². The lowest BCUT2D eigenvalue weighted by atomic mass is 9.98. The van der Waals surface area contributed by atoms with E-state index in [-0.39, 0.29) is 6.09 Å². The van der Waals surface area contributed by atoms with Gasteiger partial charge in [0.2, 0.25) is 5.88 Å². The van der Waals surface area contributed by atoms with Crippen molar-refractivity contribution < 1.29 is 19.0 Å². The topological polar surface area (TPSA) is 73.8 Å². The van der Waals surface area contributed by atoms with Crippen LogP contribution >= 0.6 is 0 Å². The Morgan fingerprint density at radius 3 is 2.31 bits per heavy atom. The van der Waals surface area contributed by atoms with Crippen molar-refractivity contribution in [3.63, 3.8) is 0 Å². The van der Waals surface area contributed by atoms with Crippen LogP contribution in [-0.2, 0) is 12.8 Å². The Kier molecular flexibility index (Phi) is 8.68. The summed E-state index contributed by atoms with van der Waals surface area (Å²) in [4.78, 5) is 23.2. The first-order chi connectivity index (χ1) is 19.1. The number of rotatable bonds is 9. The van der Waals surface area contributed by atoms with Crippen LogP contribution in [0.25, 0.3) is 0 Å². The van der Waals surface area contributed by atoms with Crippen molar-refractivity contribution in [2.75, 3.05) is 19.7 Å². The van der Waals surface area contributed by atoms with E-state index in [0.717, 1.165) is 42.8 Å². The van der Waals surface area contributed by atoms with E-state index in [1.165, 1.54) is 5.56 Å². The molecular weight excluding hydrogens is 490 g/mol. The molecule has 1 aliphatic rings. The molecule has 3 heterocycles. The van der Waals surface area contributed by atoms with Crippen molar-refractivity contribution in [3.8, 4) is 23.1 Å². The number of ether oxygens (including phenoxy) is 3. The van der Waals surface area contributed by atoms with E-state index in [9.17, 15) is 4.79 Å². The van der Waals surface area contributed by atoms with Crippen LogP contribution in [0.4, 0.5) is 4.79 Å². The van der Waals surface area contributed by atoms with Crippen LogP contribution in [0, 0.1) is 12.8 Å². The number of nitrogens with zero attached hydrogens (tertiary/aromatic N) is 3. The predicted molar refractivity (Wildman–Crippen MR) is 149 cm³/mol. The van der Waals surface area contributed by atoms with Gasteiger partial charge < -0.3 is 19.1 Å². The van der Waals surface area contributed by atoms with Crippen molar-refractivity contribution >= 4 is 6.09 Å². The standard InChI is InChI=1S/C32H33N3O4/c1-24-5-4-6-27(34-24)11-8-25-9-12-30(13-10-25)39-32(36)35-21-18-26(19-22-35)23-37-28-14-16-29(17-15-28)38-31-7-2-3-20-33-31/h2-7,9-10,12-17,20,26H,8,11,18-19,21-23H2,1H3. The molecule has 0 saturated carbocycles. The van der Waals surface area contributed by atoms with Crippen molar-refractivity contribution in [2.24, 2.45) is 5.92 Å². The third kappa shape index (κ3) is 7.80. The highest BCUT2D eigenvalue weighted by molar-refractivity contribution is 5.70. The number of piperidine rings is 1. The maximum atomic E-state index is 12.7. The van der Waals surface area contributed by atoms with Gasteiger partial charge in [-0.25, -0.2) is 9.78 Å². The molecule has 4 aromatic rings. The second-order valence-electron chi connectivity index (χ2n) is 9.77. The zero-order valence-corrected chi connectivity index (χ0v) is 22.2. The molecule has 1 saturated heterocycles. The fourth-order valence-corrected chi connectivity index (χ4v) is 4.53. The number of amides is 1. The van der Waals surface area contributed by atoms with Gasteiger partial charge in [-0.05, 0) is 98.7 Å². The summed E-state index contributed by atoms with van der Waals surface area (Å²) in [6.45, 7) is 3.93. The van der Waals surface area contributed by atoms with Crippen molar-refractivity contribution in [1.29, 1.82) is 0 Å². The van der Waals surface area contributed by atoms with Gasteiger partial charge in [-0.3, -0.25) is 4.98 Å². The van der Waals surface area contributed by atoms with Crippen molar-refractivity contribution in [2.45, 2.75) is 32.6 Å². The van der Waals surface area contributed by atoms with Crippen LogP contribution in [0.1, 0.15) is 29.8 Å². The minimum absolute atomic E-state index is 0.297. The number of likely N-dealkylation sites (tertiary alicyclic amines) is 1. The number of aryl methyl sites for hydroxylation is 3. The smallest absolute Gasteiger partial charge is 0.415 e. The van der Waals surface area contributed by atoms with Gasteiger partial charge in [0.1, 0.15) is 17.2 Å². The summed E-state index contributed by atoms with van der Waals surface area (Å²) in [7, 11) is 0. The number of aromatic nitrogens is 2. The number of pyridine rings is 2. The number of hydrogen-bond acceptors (Lipinski definition) is 6. The lowest BCUT2D eigenvalue weighted by molar-refractivity contribution is 0.117. The Balaban J connectivity index is 1.01. The molecule has 0 aliphatic carbocycles. The summed E-state index contributed by atoms with van der Waals surface area (Å²) < 4.78 is 17.4. The van der Waals surface area contributed by atoms with Crippen LogP contribution in [0.2, 0.25) is 0 Å². The van der Waals surface area contributed by atoms with E-state index in [2.05, 4.69) is 16.0 Å². The van der Waals surface area contributed by atoms with Gasteiger partial charge in [0.15, 0.2) is 0 Å². The molecule has 200 valence electrons. The summed E-state index contributed by atoms with van der Waals surface area (Å²) in [5.74, 6) is 3.02. The van der Waals surface area contributed by atoms with Gasteiger partial charge in [0, 0.05) is 36.7 Å². The molecule has 0 spiro atoms. The van der Waals surface area contributed by atoms with Crippen LogP contribution in [0.5, 0.6) is 23.1 Å². The fourth-order valence-electron chi connectivity index (χ4n) is 4.53. The molecule has 7 nitrogen and oxygen atoms in total. The molecule has 2 aromatic heterocycles. The van der Waals surface area contributed by atoms with Gasteiger partial charge in [0.25, 0.3) is 0 Å². The Morgan fingerprint density at radius 1 is 0.846 bits per heavy atom. The molecule has 1 amide bonds. The summed E-state index contributed by atoms with van der Waals surface area (Å²) >= 11 is 0. The second-order valence-corrected chi connectivity index (χ2v) is 9.77. The van der Waals surface area contributed by atoms with Gasteiger partial charge in [-0.2, -0.15) is 0 Å². The molecule has 0 bridgehead atoms. The number of benzene rings is 2. The molecule has 0 atom stereocenters. The molecule has 1 fully saturated rings. The maximum Gasteiger partial charge on any atom is 0.415 e. The molecule has 0 N–H and O–H groups in total. The lowest BCUT2D eigenvalue weighted by Crippen LogP contribution is -2.41. The van der Waals surface area contributed by atoms with Gasteiger partial charge in [-0.15, -0.1) is 0 Å². The third-order valence-electron chi connectivity index (χ3n) is 6.79. The minimum Gasteiger partial charge on any atom is -0.493 e. The van der Waals surface area contributed by atoms with Crippen LogP contribution in [-0.4, -0.2) is 40.7 Å². The largest absolute Gasteiger partial charge is 0.493 e. The molecule has 0 radical (unpaired) electrons. The molecule has 7 heteroatoms. The number of carbonyl (C=O) groups is 1. The summed E-state index contributed by atoms with van der Waals surface area (Å²) in [6.07, 6.45) is 4.93. The average molecular weight is 524 g/mol. The Labute approximate surface area is 229 Å². The molecule has 1 aliphatic heterocycles. The molecule has 0 unspecified atom stereocenters. The Hall–Kier alpha value is -4.39. The highest BCUT2D eigenvalue weighted by Gasteiger charge is 2.24. The fraction of sp³-hybridized carbons (Fsp3) is 0.281. The Bertz CT molecular complexity index is 1340. The second kappa shape index (κ2) is 12.9. The first kappa shape index (κ1) is 26.2. The first-order valence-electron chi connectivity index (χ1n) is 13.4. The quantitative estimate of drug-likeness (QED) is 0.244. The van der Waals surface area contributed by atoms with Gasteiger partial charge in [-0.1, -0.05) is 24.3 Å². The zero-order chi connectivity index (χ0) is 26.9. The van der Waals surface area contributed by atoms with E-state index >= 15 is 0 Å². The summed E-state index contributed by atoms with van der Waals surface area (Å²) in [6, 6.07) is 26.9. The van der Waals surface area contributed by atoms with Gasteiger partial charge >= 0.3 is 6.09 Å². The highest BCUT2D eigenvalue weighted by Crippen LogP contribution is 2.24. The summed E-state index contributed by atoms with van der Waals surface area (Å²) in [5.41, 5.74) is 3.31. The number of hydrogen-bond donors (Lipinski definition) is 0. The van der Waals surface area contributed by atoms with E-state index in [4.69, 9.17) is 14.2 Å². The predicted octanol–water partition coefficient (Wildman–Crippen LogP) is 6.65. The zero-order valence-electron chi connectivity index (χ0n) is 22.2. The van der Waals surface area contributed by atoms with Crippen LogP contribution < -0.4 is 14.2 Å². The van der Waals surface area contributed by atoms with Crippen molar-refractivity contribution in [1.82, 2.24) is 14.9 Å². The number of carbonyl (C=O) groups excluding carboxylic acids is 1. The molecule has 5 rings (SSSR count). The Morgan fingerprint density at radius 2 is 1.59 bits per heavy atom. The first-order valence-corrected chi connectivity index (χ1v) is 13.4. The normalized spacial score (nSPS) is 13.6. The van der Waals surface area contributed by atoms with Crippen LogP contribution in [0.3, 0.4) is 0 Å². The molecular formula is C32H33N3O4. The van der Waals surface area contributed by atoms with Gasteiger partial charge in [0.05, 0.1) is 6.61 Å². The van der Waals surface area contributed by atoms with Crippen LogP contribution in [0.15, 0.2) is 91.1 Å². The summed E-state index contributed by atoms with van der Waals surface area (Å²) in [5, 5.41) is 0. The van der Waals surface area contributed by atoms with E-state index in [0.29, 0.717) is 43.0 Å². The SMILES string of the molecule is Cc1cccc(CCc2ccc(OC(=O)N3CCC(COc4ccc(Oc5ccccn5)cc4)CC3)cc2)n1. The third-order valence-corrected chi connectivity index (χ3v) is 6.79. The monoisotopic (exact) mass is 523 g/mol. The highest BCUT2D eigenvalue weighted by atomic mass is 16.6. The minimum atomic E-state index is -0.297.